The molecule has 0 aliphatic heterocycles. The summed E-state index contributed by atoms with van der Waals surface area (Å²) in [5.41, 5.74) is 7.52. The number of hydrogen-bond donors (Lipinski definition) is 0. The van der Waals surface area contributed by atoms with E-state index in [1.165, 1.54) is 0 Å². The first kappa shape index (κ1) is 16.1. The molecule has 0 atom stereocenters. The molecule has 0 saturated heterocycles. The topological polar surface area (TPSA) is 51.6 Å². The molecule has 0 aromatic carbocycles. The Hall–Kier alpha value is -3.40. The summed E-state index contributed by atoms with van der Waals surface area (Å²) >= 11 is 0. The van der Waals surface area contributed by atoms with Crippen molar-refractivity contribution in [3.05, 3.63) is 84.4 Å². The summed E-state index contributed by atoms with van der Waals surface area (Å²) in [6.07, 6.45) is 3.72. The number of rotatable bonds is 3. The van der Waals surface area contributed by atoms with Crippen LogP contribution in [0.25, 0.3) is 33.9 Å². The van der Waals surface area contributed by atoms with Crippen LogP contribution >= 0.6 is 0 Å². The van der Waals surface area contributed by atoms with Gasteiger partial charge in [-0.1, -0.05) is 24.3 Å². The molecule has 0 aliphatic rings. The monoisotopic (exact) mass is 338 g/mol. The van der Waals surface area contributed by atoms with Gasteiger partial charge in [0, 0.05) is 34.9 Å². The van der Waals surface area contributed by atoms with Crippen LogP contribution in [-0.2, 0) is 0 Å². The highest BCUT2D eigenvalue weighted by atomic mass is 14.8. The van der Waals surface area contributed by atoms with Gasteiger partial charge >= 0.3 is 0 Å². The Balaban J connectivity index is 1.60. The summed E-state index contributed by atoms with van der Waals surface area (Å²) in [5, 5.41) is 0. The van der Waals surface area contributed by atoms with Crippen molar-refractivity contribution in [1.82, 2.24) is 19.9 Å². The normalized spacial score (nSPS) is 10.7. The molecule has 4 aromatic heterocycles. The van der Waals surface area contributed by atoms with E-state index < -0.39 is 0 Å². The zero-order chi connectivity index (χ0) is 17.9. The molecule has 126 valence electrons. The molecule has 4 nitrogen and oxygen atoms in total. The lowest BCUT2D eigenvalue weighted by atomic mass is 10.1. The van der Waals surface area contributed by atoms with Crippen LogP contribution in [0, 0.1) is 13.8 Å². The third kappa shape index (κ3) is 3.35. The van der Waals surface area contributed by atoms with Gasteiger partial charge in [0.15, 0.2) is 0 Å². The summed E-state index contributed by atoms with van der Waals surface area (Å²) in [6.45, 7) is 3.96. The molecule has 4 heterocycles. The molecule has 0 unspecified atom stereocenters. The first-order valence-electron chi connectivity index (χ1n) is 8.49. The van der Waals surface area contributed by atoms with Crippen molar-refractivity contribution < 1.29 is 0 Å². The minimum absolute atomic E-state index is 0.867. The van der Waals surface area contributed by atoms with Gasteiger partial charge in [0.05, 0.1) is 22.8 Å². The van der Waals surface area contributed by atoms with E-state index in [1.54, 1.807) is 0 Å². The Labute approximate surface area is 152 Å². The average molecular weight is 338 g/mol. The van der Waals surface area contributed by atoms with Gasteiger partial charge in [-0.3, -0.25) is 19.9 Å². The highest BCUT2D eigenvalue weighted by Crippen LogP contribution is 2.23. The molecular formula is C22H18N4. The fourth-order valence-electron chi connectivity index (χ4n) is 2.80. The van der Waals surface area contributed by atoms with Crippen molar-refractivity contribution in [3.8, 4) is 33.9 Å². The number of aryl methyl sites for hydroxylation is 2. The second-order valence-electron chi connectivity index (χ2n) is 6.19. The zero-order valence-corrected chi connectivity index (χ0v) is 14.7. The summed E-state index contributed by atoms with van der Waals surface area (Å²) in [4.78, 5) is 18.1. The third-order valence-corrected chi connectivity index (χ3v) is 4.16. The van der Waals surface area contributed by atoms with Gasteiger partial charge in [0.25, 0.3) is 0 Å². The molecule has 4 aromatic rings. The standard InChI is InChI=1S/C22H18N4/c1-15-5-3-7-21(25-15)19-11-9-17(13-23-19)18-10-12-20(24-14-18)22-8-4-6-16(2)26-22/h3-14H,1-2H3. The van der Waals surface area contributed by atoms with Crippen LogP contribution in [0.4, 0.5) is 0 Å². The maximum Gasteiger partial charge on any atom is 0.0889 e. The van der Waals surface area contributed by atoms with Crippen LogP contribution in [0.1, 0.15) is 11.4 Å². The SMILES string of the molecule is Cc1cccc(-c2ccc(-c3ccc(-c4cccc(C)n4)nc3)cn2)n1. The third-order valence-electron chi connectivity index (χ3n) is 4.16. The predicted octanol–water partition coefficient (Wildman–Crippen LogP) is 4.88. The van der Waals surface area contributed by atoms with E-state index in [1.807, 2.05) is 86.9 Å². The largest absolute Gasteiger partial charge is 0.254 e. The van der Waals surface area contributed by atoms with Gasteiger partial charge in [-0.2, -0.15) is 0 Å². The van der Waals surface area contributed by atoms with Crippen molar-refractivity contribution in [1.29, 1.82) is 0 Å². The molecule has 0 bridgehead atoms. The second-order valence-corrected chi connectivity index (χ2v) is 6.19. The van der Waals surface area contributed by atoms with E-state index in [0.717, 1.165) is 45.3 Å². The number of hydrogen-bond acceptors (Lipinski definition) is 4. The fourth-order valence-corrected chi connectivity index (χ4v) is 2.80. The number of aromatic nitrogens is 4. The molecule has 0 aliphatic carbocycles. The molecular weight excluding hydrogens is 320 g/mol. The fraction of sp³-hybridized carbons (Fsp3) is 0.0909. The van der Waals surface area contributed by atoms with Crippen LogP contribution in [-0.4, -0.2) is 19.9 Å². The molecule has 0 spiro atoms. The molecule has 0 N–H and O–H groups in total. The smallest absolute Gasteiger partial charge is 0.0889 e. The Kier molecular flexibility index (Phi) is 4.23. The summed E-state index contributed by atoms with van der Waals surface area (Å²) in [6, 6.07) is 20.0. The molecule has 4 rings (SSSR count). The van der Waals surface area contributed by atoms with Gasteiger partial charge in [0.2, 0.25) is 0 Å². The van der Waals surface area contributed by atoms with Crippen LogP contribution in [0.2, 0.25) is 0 Å². The van der Waals surface area contributed by atoms with Crippen LogP contribution in [0.3, 0.4) is 0 Å². The lowest BCUT2D eigenvalue weighted by Gasteiger charge is -2.06. The number of nitrogens with zero attached hydrogens (tertiary/aromatic N) is 4. The first-order chi connectivity index (χ1) is 12.7. The first-order valence-corrected chi connectivity index (χ1v) is 8.49. The van der Waals surface area contributed by atoms with Gasteiger partial charge < -0.3 is 0 Å². The Morgan fingerprint density at radius 2 is 0.962 bits per heavy atom. The molecule has 0 saturated carbocycles. The second kappa shape index (κ2) is 6.84. The van der Waals surface area contributed by atoms with Crippen molar-refractivity contribution in [2.45, 2.75) is 13.8 Å². The average Bonchev–Trinajstić information content (AvgIpc) is 2.68. The summed E-state index contributed by atoms with van der Waals surface area (Å²) in [7, 11) is 0. The van der Waals surface area contributed by atoms with Gasteiger partial charge in [-0.05, 0) is 50.2 Å². The lowest BCUT2D eigenvalue weighted by Crippen LogP contribution is -1.91. The summed E-state index contributed by atoms with van der Waals surface area (Å²) in [5.74, 6) is 0. The zero-order valence-electron chi connectivity index (χ0n) is 14.7. The minimum atomic E-state index is 0.867. The van der Waals surface area contributed by atoms with Gasteiger partial charge in [0.1, 0.15) is 0 Å². The Bertz CT molecular complexity index is 951. The molecule has 0 fully saturated rings. The van der Waals surface area contributed by atoms with Gasteiger partial charge in [-0.25, -0.2) is 0 Å². The minimum Gasteiger partial charge on any atom is -0.254 e. The molecule has 0 radical (unpaired) electrons. The van der Waals surface area contributed by atoms with E-state index in [9.17, 15) is 0 Å². The Morgan fingerprint density at radius 1 is 0.500 bits per heavy atom. The Morgan fingerprint density at radius 3 is 1.31 bits per heavy atom. The molecule has 0 amide bonds. The van der Waals surface area contributed by atoms with Crippen molar-refractivity contribution in [3.63, 3.8) is 0 Å². The highest BCUT2D eigenvalue weighted by Gasteiger charge is 2.05. The van der Waals surface area contributed by atoms with Crippen molar-refractivity contribution in [2.75, 3.05) is 0 Å². The van der Waals surface area contributed by atoms with E-state index in [0.29, 0.717) is 0 Å². The lowest BCUT2D eigenvalue weighted by molar-refractivity contribution is 1.17. The quantitative estimate of drug-likeness (QED) is 0.534. The van der Waals surface area contributed by atoms with E-state index in [-0.39, 0.29) is 0 Å². The van der Waals surface area contributed by atoms with Crippen LogP contribution < -0.4 is 0 Å². The maximum absolute atomic E-state index is 4.56. The predicted molar refractivity (Wildman–Crippen MR) is 103 cm³/mol. The van der Waals surface area contributed by atoms with E-state index in [2.05, 4.69) is 19.9 Å². The van der Waals surface area contributed by atoms with E-state index >= 15 is 0 Å². The van der Waals surface area contributed by atoms with Crippen molar-refractivity contribution >= 4 is 0 Å². The van der Waals surface area contributed by atoms with Gasteiger partial charge in [-0.15, -0.1) is 0 Å². The summed E-state index contributed by atoms with van der Waals surface area (Å²) < 4.78 is 0. The van der Waals surface area contributed by atoms with E-state index in [4.69, 9.17) is 0 Å². The maximum atomic E-state index is 4.56. The molecule has 4 heteroatoms. The number of pyridine rings is 4. The van der Waals surface area contributed by atoms with Crippen LogP contribution in [0.5, 0.6) is 0 Å². The molecule has 26 heavy (non-hydrogen) atoms. The van der Waals surface area contributed by atoms with Crippen molar-refractivity contribution in [2.24, 2.45) is 0 Å². The van der Waals surface area contributed by atoms with Crippen LogP contribution in [0.15, 0.2) is 73.1 Å². The highest BCUT2D eigenvalue weighted by molar-refractivity contribution is 5.67.